The van der Waals surface area contributed by atoms with E-state index in [0.717, 1.165) is 6.07 Å². The third-order valence-electron chi connectivity index (χ3n) is 6.36. The number of alkyl halides is 1. The Bertz CT molecular complexity index is 1480. The van der Waals surface area contributed by atoms with E-state index in [1.807, 2.05) is 0 Å². The summed E-state index contributed by atoms with van der Waals surface area (Å²) in [6.07, 6.45) is 3.72. The van der Waals surface area contributed by atoms with E-state index in [-0.39, 0.29) is 34.8 Å². The maximum absolute atomic E-state index is 14.9. The number of anilines is 1. The van der Waals surface area contributed by atoms with Crippen LogP contribution in [0.3, 0.4) is 0 Å². The lowest BCUT2D eigenvalue weighted by atomic mass is 10.0. The number of nitrogens with one attached hydrogen (secondary N) is 2. The minimum absolute atomic E-state index is 0.00282. The van der Waals surface area contributed by atoms with Crippen molar-refractivity contribution in [1.29, 1.82) is 0 Å². The first kappa shape index (κ1) is 25.5. The lowest BCUT2D eigenvalue weighted by molar-refractivity contribution is 0.0284. The summed E-state index contributed by atoms with van der Waals surface area (Å²) in [5.41, 5.74) is 1.20. The highest BCUT2D eigenvalue weighted by Crippen LogP contribution is 2.28. The lowest BCUT2D eigenvalue weighted by Gasteiger charge is -2.26. The number of ether oxygens (including phenoxy) is 2. The van der Waals surface area contributed by atoms with Crippen molar-refractivity contribution in [3.63, 3.8) is 0 Å². The van der Waals surface area contributed by atoms with Crippen molar-refractivity contribution in [2.75, 3.05) is 25.6 Å². The van der Waals surface area contributed by atoms with Crippen LogP contribution in [0.2, 0.25) is 0 Å². The molecule has 1 fully saturated rings. The number of benzene rings is 2. The first-order chi connectivity index (χ1) is 18.3. The third-order valence-corrected chi connectivity index (χ3v) is 6.36. The molecule has 4 aromatic rings. The zero-order valence-corrected chi connectivity index (χ0v) is 20.6. The number of hydrogen-bond donors (Lipinski definition) is 2. The molecule has 0 radical (unpaired) electrons. The van der Waals surface area contributed by atoms with Crippen LogP contribution in [0, 0.1) is 11.6 Å². The Morgan fingerprint density at radius 1 is 1.18 bits per heavy atom. The monoisotopic (exact) mass is 526 g/mol. The van der Waals surface area contributed by atoms with Gasteiger partial charge in [0.15, 0.2) is 11.6 Å². The Hall–Kier alpha value is -4.19. The molecular formula is C26H25F3N6O3. The molecule has 12 heteroatoms. The predicted octanol–water partition coefficient (Wildman–Crippen LogP) is 3.71. The number of fused-ring (bicyclic) bond motifs is 1. The number of halogens is 3. The molecule has 5 rings (SSSR count). The number of hydrogen-bond acceptors (Lipinski definition) is 7. The lowest BCUT2D eigenvalue weighted by Crippen LogP contribution is -2.39. The van der Waals surface area contributed by atoms with Crippen LogP contribution in [0.4, 0.5) is 19.1 Å². The van der Waals surface area contributed by atoms with Crippen LogP contribution in [0.5, 0.6) is 5.75 Å². The minimum atomic E-state index is -1.23. The number of carbonyl (C=O) groups is 1. The summed E-state index contributed by atoms with van der Waals surface area (Å²) in [7, 11) is 3.07. The average Bonchev–Trinajstić information content (AvgIpc) is 3.34. The molecule has 2 N–H and O–H groups in total. The number of carbonyl (C=O) groups excluding carboxylic acids is 1. The smallest absolute Gasteiger partial charge is 0.252 e. The van der Waals surface area contributed by atoms with Crippen LogP contribution in [-0.4, -0.2) is 58.2 Å². The van der Waals surface area contributed by atoms with E-state index in [1.54, 1.807) is 30.2 Å². The van der Waals surface area contributed by atoms with E-state index < -0.39 is 35.8 Å². The van der Waals surface area contributed by atoms with E-state index in [4.69, 9.17) is 9.47 Å². The van der Waals surface area contributed by atoms with E-state index >= 15 is 0 Å². The minimum Gasteiger partial charge on any atom is -0.494 e. The molecule has 2 aromatic heterocycles. The molecule has 198 valence electrons. The molecule has 1 aliphatic heterocycles. The van der Waals surface area contributed by atoms with Gasteiger partial charge in [-0.25, -0.2) is 23.1 Å². The fourth-order valence-electron chi connectivity index (χ4n) is 4.35. The highest BCUT2D eigenvalue weighted by Gasteiger charge is 2.26. The van der Waals surface area contributed by atoms with Crippen molar-refractivity contribution in [3.05, 3.63) is 77.2 Å². The summed E-state index contributed by atoms with van der Waals surface area (Å²) in [6, 6.07) is 5.53. The van der Waals surface area contributed by atoms with E-state index in [1.165, 1.54) is 31.5 Å². The predicted molar refractivity (Wildman–Crippen MR) is 133 cm³/mol. The van der Waals surface area contributed by atoms with Crippen molar-refractivity contribution in [2.45, 2.75) is 24.7 Å². The maximum atomic E-state index is 14.9. The Morgan fingerprint density at radius 2 is 2.03 bits per heavy atom. The van der Waals surface area contributed by atoms with Crippen LogP contribution < -0.4 is 15.4 Å². The fraction of sp³-hybridized carbons (Fsp3) is 0.308. The number of rotatable bonds is 7. The van der Waals surface area contributed by atoms with Gasteiger partial charge in [-0.2, -0.15) is 5.10 Å². The molecule has 1 amide bonds. The molecule has 0 unspecified atom stereocenters. The van der Waals surface area contributed by atoms with Gasteiger partial charge >= 0.3 is 0 Å². The molecule has 0 aliphatic carbocycles. The summed E-state index contributed by atoms with van der Waals surface area (Å²) < 4.78 is 55.3. The zero-order chi connectivity index (χ0) is 26.8. The zero-order valence-electron chi connectivity index (χ0n) is 20.6. The molecule has 0 saturated carbocycles. The van der Waals surface area contributed by atoms with E-state index in [0.29, 0.717) is 24.2 Å². The standard InChI is InChI=1S/C26H25F3N6O3/c1-35-12-16(10-31-35)24(14-3-4-23(37-2)19(28)7-14)34-25(36)15-8-18(27)17-11-30-26(33-22(17)9-15)32-21-5-6-38-13-20(21)29/h3-4,7-12,20-21,24H,5-6,13H2,1-2H3,(H,34,36)(H,30,32,33)/t20-,21+,24+/m1/s1. The Kier molecular flexibility index (Phi) is 7.14. The van der Waals surface area contributed by atoms with Gasteiger partial charge in [0.25, 0.3) is 5.91 Å². The fourth-order valence-corrected chi connectivity index (χ4v) is 4.35. The number of amides is 1. The molecule has 38 heavy (non-hydrogen) atoms. The largest absolute Gasteiger partial charge is 0.494 e. The second-order valence-corrected chi connectivity index (χ2v) is 8.96. The number of aryl methyl sites for hydroxylation is 1. The van der Waals surface area contributed by atoms with Crippen molar-refractivity contribution in [1.82, 2.24) is 25.1 Å². The molecule has 1 saturated heterocycles. The van der Waals surface area contributed by atoms with Gasteiger partial charge in [0, 0.05) is 37.2 Å². The molecule has 2 aromatic carbocycles. The topological polar surface area (TPSA) is 103 Å². The molecule has 0 spiro atoms. The van der Waals surface area contributed by atoms with Crippen LogP contribution in [0.15, 0.2) is 48.9 Å². The summed E-state index contributed by atoms with van der Waals surface area (Å²) >= 11 is 0. The van der Waals surface area contributed by atoms with Gasteiger partial charge in [0.1, 0.15) is 12.0 Å². The van der Waals surface area contributed by atoms with E-state index in [9.17, 15) is 18.0 Å². The van der Waals surface area contributed by atoms with E-state index in [2.05, 4.69) is 25.7 Å². The highest BCUT2D eigenvalue weighted by atomic mass is 19.1. The molecular weight excluding hydrogens is 501 g/mol. The van der Waals surface area contributed by atoms with Crippen LogP contribution in [0.25, 0.3) is 10.9 Å². The summed E-state index contributed by atoms with van der Waals surface area (Å²) in [5.74, 6) is -1.72. The Balaban J connectivity index is 1.44. The molecule has 3 atom stereocenters. The SMILES string of the molecule is COc1ccc([C@H](NC(=O)c2cc(F)c3cnc(N[C@H]4CCOC[C@H]4F)nc3c2)c2cnn(C)c2)cc1F. The molecule has 9 nitrogen and oxygen atoms in total. The third kappa shape index (κ3) is 5.25. The molecule has 3 heterocycles. The number of aromatic nitrogens is 4. The first-order valence-electron chi connectivity index (χ1n) is 11.9. The summed E-state index contributed by atoms with van der Waals surface area (Å²) in [4.78, 5) is 21.7. The average molecular weight is 527 g/mol. The van der Waals surface area contributed by atoms with Crippen molar-refractivity contribution in [3.8, 4) is 5.75 Å². The van der Waals surface area contributed by atoms with Gasteiger partial charge in [-0.1, -0.05) is 6.07 Å². The first-order valence-corrected chi connectivity index (χ1v) is 11.9. The number of methoxy groups -OCH3 is 1. The number of nitrogens with zero attached hydrogens (tertiary/aromatic N) is 4. The van der Waals surface area contributed by atoms with Gasteiger partial charge < -0.3 is 20.1 Å². The summed E-state index contributed by atoms with van der Waals surface area (Å²) in [6.45, 7) is 0.376. The van der Waals surface area contributed by atoms with Gasteiger partial charge in [-0.3, -0.25) is 9.48 Å². The van der Waals surface area contributed by atoms with Crippen molar-refractivity contribution in [2.24, 2.45) is 7.05 Å². The summed E-state index contributed by atoms with van der Waals surface area (Å²) in [5, 5.41) is 10.0. The normalized spacial score (nSPS) is 18.2. The maximum Gasteiger partial charge on any atom is 0.252 e. The van der Waals surface area contributed by atoms with Crippen LogP contribution in [0.1, 0.15) is 33.9 Å². The Labute approximate surface area is 216 Å². The van der Waals surface area contributed by atoms with Gasteiger partial charge in [-0.05, 0) is 36.2 Å². The van der Waals surface area contributed by atoms with Crippen LogP contribution in [-0.2, 0) is 11.8 Å². The highest BCUT2D eigenvalue weighted by molar-refractivity contribution is 5.98. The quantitative estimate of drug-likeness (QED) is 0.379. The van der Waals surface area contributed by atoms with Crippen molar-refractivity contribution >= 4 is 22.8 Å². The van der Waals surface area contributed by atoms with Gasteiger partial charge in [0.05, 0.1) is 42.9 Å². The second-order valence-electron chi connectivity index (χ2n) is 8.96. The van der Waals surface area contributed by atoms with Gasteiger partial charge in [-0.15, -0.1) is 0 Å². The van der Waals surface area contributed by atoms with Crippen LogP contribution >= 0.6 is 0 Å². The molecule has 0 bridgehead atoms. The second kappa shape index (κ2) is 10.7. The molecule has 1 aliphatic rings. The van der Waals surface area contributed by atoms with Crippen molar-refractivity contribution < 1.29 is 27.4 Å². The van der Waals surface area contributed by atoms with Gasteiger partial charge in [0.2, 0.25) is 5.95 Å². The Morgan fingerprint density at radius 3 is 2.74 bits per heavy atom.